The zero-order valence-electron chi connectivity index (χ0n) is 45.2. The van der Waals surface area contributed by atoms with Crippen molar-refractivity contribution in [3.05, 3.63) is 23.5 Å². The number of carbonyl (C=O) groups excluding carboxylic acids is 1. The topological polar surface area (TPSA) is 338 Å². The van der Waals surface area contributed by atoms with Crippen LogP contribution in [0.3, 0.4) is 0 Å². The molecule has 25 nitrogen and oxygen atoms in total. The van der Waals surface area contributed by atoms with E-state index in [1.165, 1.54) is 19.8 Å². The lowest BCUT2D eigenvalue weighted by Gasteiger charge is -2.51. The molecule has 30 unspecified atom stereocenters. The van der Waals surface area contributed by atoms with Crippen LogP contribution in [0.5, 0.6) is 0 Å². The Labute approximate surface area is 452 Å². The van der Waals surface area contributed by atoms with E-state index >= 15 is 0 Å². The molecule has 0 amide bonds. The molecule has 78 heavy (non-hydrogen) atoms. The maximum atomic E-state index is 13.8. The van der Waals surface area contributed by atoms with Gasteiger partial charge < -0.3 is 117 Å². The van der Waals surface area contributed by atoms with Crippen molar-refractivity contribution in [3.63, 3.8) is 0 Å². The Balaban J connectivity index is 0.699. The van der Waals surface area contributed by atoms with Crippen molar-refractivity contribution in [1.29, 1.82) is 0 Å². The summed E-state index contributed by atoms with van der Waals surface area (Å²) in [5, 5.41) is 96.0. The minimum absolute atomic E-state index is 0.0192. The molecule has 0 aromatic carbocycles. The third-order valence-corrected chi connectivity index (χ3v) is 18.5. The third-order valence-electron chi connectivity index (χ3n) is 18.5. The highest BCUT2D eigenvalue weighted by Crippen LogP contribution is 2.57. The molecule has 8 fully saturated rings. The number of fused-ring (bicyclic) bond motifs is 3. The summed E-state index contributed by atoms with van der Waals surface area (Å²) in [7, 11) is 2.91. The predicted molar refractivity (Wildman–Crippen MR) is 260 cm³/mol. The SMILES string of the molecule is COC1CC(OC2C(O)CC(OC3C(C)OC(OC4CCC5(C)C(=CCC6C(=O)OC7COC8(C)OC=C(CCC65)C78)C4)C(O)C3OC)OC2C)OC(C)C1OC1OC(COC2OC(CO)C(O)C(O)C2O)C(O)C(O)C1O. The Kier molecular flexibility index (Phi) is 18.1. The van der Waals surface area contributed by atoms with E-state index < -0.39 is 160 Å². The second-order valence-corrected chi connectivity index (χ2v) is 23.3. The van der Waals surface area contributed by atoms with Gasteiger partial charge in [0.05, 0.1) is 74.5 Å². The summed E-state index contributed by atoms with van der Waals surface area (Å²) in [6.07, 6.45) is -20.0. The van der Waals surface area contributed by atoms with Gasteiger partial charge in [-0.05, 0) is 76.2 Å². The van der Waals surface area contributed by atoms with Crippen molar-refractivity contribution >= 4 is 5.97 Å². The zero-order valence-corrected chi connectivity index (χ0v) is 45.2. The van der Waals surface area contributed by atoms with Gasteiger partial charge in [0.25, 0.3) is 0 Å². The number of hydrogen-bond donors (Lipinski definition) is 9. The molecule has 2 aliphatic carbocycles. The molecule has 444 valence electrons. The number of ether oxygens (including phenoxy) is 15. The van der Waals surface area contributed by atoms with E-state index in [4.69, 9.17) is 71.1 Å². The van der Waals surface area contributed by atoms with Crippen LogP contribution in [-0.4, -0.2) is 245 Å². The lowest BCUT2D eigenvalue weighted by atomic mass is 9.55. The molecule has 7 saturated heterocycles. The van der Waals surface area contributed by atoms with Gasteiger partial charge in [-0.1, -0.05) is 18.6 Å². The first-order valence-corrected chi connectivity index (χ1v) is 27.7. The van der Waals surface area contributed by atoms with Gasteiger partial charge in [0.15, 0.2) is 31.5 Å². The number of rotatable bonds is 14. The standard InChI is InChI=1S/C53H82O25/c1-21-44(76-35-16-30(64-6)45(22(2)70-35)78-50-42(61)40(59)38(57)33(75-50)19-66-49-41(60)39(58)37(56)31(17-54)74-49)29(55)15-34(69-21)77-46-23(3)71-51(43(62)47(46)65-7)72-26-12-13-52(4)25(14-26)9-10-27-28(52)11-8-24-18-67-53(5)36(24)32(20-68-53)73-48(27)63/h9,18,21-23,26-47,49-51,54-62H,8,10-17,19-20H2,1-7H3. The molecular formula is C53H82O25. The van der Waals surface area contributed by atoms with Gasteiger partial charge in [-0.15, -0.1) is 0 Å². The fraction of sp³-hybridized carbons (Fsp3) is 0.906. The van der Waals surface area contributed by atoms with E-state index in [0.29, 0.717) is 25.9 Å². The zero-order chi connectivity index (χ0) is 55.7. The van der Waals surface area contributed by atoms with Crippen molar-refractivity contribution in [3.8, 4) is 0 Å². The molecule has 0 bridgehead atoms. The van der Waals surface area contributed by atoms with Crippen LogP contribution in [0.15, 0.2) is 23.5 Å². The number of aliphatic hydroxyl groups excluding tert-OH is 9. The summed E-state index contributed by atoms with van der Waals surface area (Å²) in [4.78, 5) is 13.8. The molecule has 0 aromatic rings. The van der Waals surface area contributed by atoms with Gasteiger partial charge in [-0.3, -0.25) is 4.79 Å². The van der Waals surface area contributed by atoms with Crippen LogP contribution in [-0.2, 0) is 75.8 Å². The minimum Gasteiger partial charge on any atom is -0.469 e. The highest BCUT2D eigenvalue weighted by atomic mass is 16.8. The Morgan fingerprint density at radius 1 is 0.679 bits per heavy atom. The van der Waals surface area contributed by atoms with Gasteiger partial charge >= 0.3 is 5.97 Å². The van der Waals surface area contributed by atoms with Crippen molar-refractivity contribution in [2.24, 2.45) is 23.2 Å². The molecule has 25 heteroatoms. The van der Waals surface area contributed by atoms with Crippen molar-refractivity contribution < 1.29 is 122 Å². The van der Waals surface area contributed by atoms with Gasteiger partial charge in [-0.25, -0.2) is 0 Å². The number of hydrogen-bond acceptors (Lipinski definition) is 25. The lowest BCUT2D eigenvalue weighted by molar-refractivity contribution is -0.364. The van der Waals surface area contributed by atoms with E-state index in [-0.39, 0.29) is 54.2 Å². The molecule has 10 aliphatic rings. The van der Waals surface area contributed by atoms with Crippen LogP contribution in [0.4, 0.5) is 0 Å². The van der Waals surface area contributed by atoms with Crippen LogP contribution in [0.2, 0.25) is 0 Å². The van der Waals surface area contributed by atoms with E-state index in [2.05, 4.69) is 13.0 Å². The Hall–Kier alpha value is -2.13. The van der Waals surface area contributed by atoms with Gasteiger partial charge in [-0.2, -0.15) is 0 Å². The first-order chi connectivity index (χ1) is 37.2. The van der Waals surface area contributed by atoms with Crippen LogP contribution in [0.25, 0.3) is 0 Å². The molecule has 8 heterocycles. The molecule has 0 aromatic heterocycles. The number of aliphatic hydroxyl groups is 9. The van der Waals surface area contributed by atoms with Crippen LogP contribution >= 0.6 is 0 Å². The summed E-state index contributed by atoms with van der Waals surface area (Å²) >= 11 is 0. The Bertz CT molecular complexity index is 2110. The average Bonchev–Trinajstić information content (AvgIpc) is 3.96. The summed E-state index contributed by atoms with van der Waals surface area (Å²) in [5.41, 5.74) is 2.11. The monoisotopic (exact) mass is 1120 g/mol. The van der Waals surface area contributed by atoms with Crippen molar-refractivity contribution in [2.75, 3.05) is 34.0 Å². The van der Waals surface area contributed by atoms with E-state index in [0.717, 1.165) is 24.8 Å². The molecule has 8 aliphatic heterocycles. The highest BCUT2D eigenvalue weighted by molar-refractivity contribution is 5.74. The summed E-state index contributed by atoms with van der Waals surface area (Å²) in [6.45, 7) is 8.44. The van der Waals surface area contributed by atoms with Gasteiger partial charge in [0, 0.05) is 34.0 Å². The first kappa shape index (κ1) is 59.0. The van der Waals surface area contributed by atoms with E-state index in [1.807, 2.05) is 6.92 Å². The summed E-state index contributed by atoms with van der Waals surface area (Å²) in [6, 6.07) is 0. The maximum Gasteiger partial charge on any atom is 0.309 e. The largest absolute Gasteiger partial charge is 0.469 e. The Morgan fingerprint density at radius 3 is 2.04 bits per heavy atom. The third kappa shape index (κ3) is 11.2. The predicted octanol–water partition coefficient (Wildman–Crippen LogP) is -1.35. The molecule has 30 atom stereocenters. The summed E-state index contributed by atoms with van der Waals surface area (Å²) < 4.78 is 90.9. The fourth-order valence-corrected chi connectivity index (χ4v) is 13.9. The normalized spacial score (nSPS) is 52.5. The maximum absolute atomic E-state index is 13.8. The molecular weight excluding hydrogens is 1040 g/mol. The molecule has 0 spiro atoms. The van der Waals surface area contributed by atoms with Gasteiger partial charge in [0.1, 0.15) is 85.5 Å². The quantitative estimate of drug-likeness (QED) is 0.0717. The average molecular weight is 1120 g/mol. The summed E-state index contributed by atoms with van der Waals surface area (Å²) in [5.74, 6) is -1.30. The highest BCUT2D eigenvalue weighted by Gasteiger charge is 2.59. The lowest BCUT2D eigenvalue weighted by Crippen LogP contribution is -2.63. The fourth-order valence-electron chi connectivity index (χ4n) is 13.9. The van der Waals surface area contributed by atoms with Crippen LogP contribution in [0.1, 0.15) is 86.0 Å². The molecule has 1 saturated carbocycles. The van der Waals surface area contributed by atoms with Gasteiger partial charge in [0.2, 0.25) is 5.79 Å². The molecule has 0 radical (unpaired) electrons. The van der Waals surface area contributed by atoms with E-state index in [1.54, 1.807) is 27.0 Å². The van der Waals surface area contributed by atoms with Crippen molar-refractivity contribution in [1.82, 2.24) is 0 Å². The molecule has 9 N–H and O–H groups in total. The van der Waals surface area contributed by atoms with Crippen molar-refractivity contribution in [2.45, 2.75) is 245 Å². The smallest absolute Gasteiger partial charge is 0.309 e. The first-order valence-electron chi connectivity index (χ1n) is 27.7. The number of carbonyl (C=O) groups is 1. The number of methoxy groups -OCH3 is 2. The van der Waals surface area contributed by atoms with E-state index in [9.17, 15) is 50.8 Å². The molecule has 10 rings (SSSR count). The Morgan fingerprint density at radius 2 is 1.33 bits per heavy atom. The van der Waals surface area contributed by atoms with Crippen LogP contribution in [0, 0.1) is 23.2 Å². The second-order valence-electron chi connectivity index (χ2n) is 23.3. The second kappa shape index (κ2) is 23.9. The number of allylic oxidation sites excluding steroid dienone is 1. The number of esters is 1. The minimum atomic E-state index is -1.78. The van der Waals surface area contributed by atoms with Crippen LogP contribution < -0.4 is 0 Å².